The first-order chi connectivity index (χ1) is 19.0. The molecule has 1 heterocycles. The number of hydrogen-bond donors (Lipinski definition) is 2. The van der Waals surface area contributed by atoms with E-state index in [2.05, 4.69) is 26.0 Å². The molecule has 0 unspecified atom stereocenters. The van der Waals surface area contributed by atoms with Gasteiger partial charge in [0.05, 0.1) is 18.9 Å². The van der Waals surface area contributed by atoms with E-state index in [1.54, 1.807) is 0 Å². The zero-order chi connectivity index (χ0) is 30.8. The van der Waals surface area contributed by atoms with Crippen LogP contribution in [0.4, 0.5) is 50.9 Å². The summed E-state index contributed by atoms with van der Waals surface area (Å²) in [6, 6.07) is 4.44. The van der Waals surface area contributed by atoms with Crippen molar-refractivity contribution in [2.24, 2.45) is 0 Å². The van der Waals surface area contributed by atoms with Crippen LogP contribution in [0.1, 0.15) is 15.9 Å². The van der Waals surface area contributed by atoms with Gasteiger partial charge in [-0.05, 0) is 46.3 Å². The van der Waals surface area contributed by atoms with Crippen molar-refractivity contribution in [3.63, 3.8) is 0 Å². The molecule has 2 aromatic carbocycles. The molecule has 1 saturated heterocycles. The van der Waals surface area contributed by atoms with Gasteiger partial charge < -0.3 is 25.0 Å². The minimum Gasteiger partial charge on any atom is -0.433 e. The van der Waals surface area contributed by atoms with Gasteiger partial charge in [-0.1, -0.05) is 6.07 Å². The lowest BCUT2D eigenvalue weighted by atomic mass is 9.93. The number of morpholine rings is 1. The minimum atomic E-state index is -6.55. The smallest absolute Gasteiger partial charge is 0.433 e. The van der Waals surface area contributed by atoms with Crippen LogP contribution in [-0.4, -0.2) is 67.9 Å². The molecule has 0 spiro atoms. The molecule has 0 saturated carbocycles. The predicted molar refractivity (Wildman–Crippen MR) is 126 cm³/mol. The topological polar surface area (TPSA) is 97.0 Å². The lowest BCUT2D eigenvalue weighted by molar-refractivity contribution is -0.348. The number of rotatable bonds is 6. The minimum absolute atomic E-state index is 0.00279. The molecule has 3 rings (SSSR count). The van der Waals surface area contributed by atoms with E-state index in [9.17, 15) is 53.9 Å². The van der Waals surface area contributed by atoms with Crippen LogP contribution in [0.5, 0.6) is 5.75 Å². The molecule has 2 N–H and O–H groups in total. The standard InChI is InChI=1S/C23H17BrF9N3O5/c24-14-9-12(21(27,22(28,29)30)23(31,32)33)10-15(41-20(25)26)16(14)35-17(37)11-2-1-3-13(8-11)34-18(38)19(39)36-4-6-40-7-5-36/h1-3,8-10,20H,4-7H2,(H,34,38)(H,35,37). The molecule has 41 heavy (non-hydrogen) atoms. The first kappa shape index (κ1) is 32.0. The second-order valence-electron chi connectivity index (χ2n) is 8.26. The lowest BCUT2D eigenvalue weighted by Crippen LogP contribution is -2.50. The molecule has 0 aliphatic carbocycles. The van der Waals surface area contributed by atoms with Crippen LogP contribution >= 0.6 is 15.9 Å². The van der Waals surface area contributed by atoms with E-state index in [0.717, 1.165) is 12.1 Å². The van der Waals surface area contributed by atoms with Crippen molar-refractivity contribution in [3.05, 3.63) is 52.0 Å². The van der Waals surface area contributed by atoms with Crippen molar-refractivity contribution in [2.75, 3.05) is 36.9 Å². The number of carbonyl (C=O) groups is 3. The molecule has 1 fully saturated rings. The Morgan fingerprint density at radius 1 is 0.927 bits per heavy atom. The Balaban J connectivity index is 1.90. The van der Waals surface area contributed by atoms with Gasteiger partial charge in [-0.2, -0.15) is 35.1 Å². The quantitative estimate of drug-likeness (QED) is 0.319. The molecule has 0 atom stereocenters. The lowest BCUT2D eigenvalue weighted by Gasteiger charge is -2.31. The summed E-state index contributed by atoms with van der Waals surface area (Å²) in [6.07, 6.45) is -13.1. The van der Waals surface area contributed by atoms with Gasteiger partial charge in [0, 0.05) is 34.4 Å². The summed E-state index contributed by atoms with van der Waals surface area (Å²) < 4.78 is 128. The number of alkyl halides is 9. The average molecular weight is 666 g/mol. The van der Waals surface area contributed by atoms with Crippen molar-refractivity contribution < 1.29 is 63.4 Å². The molecule has 0 bridgehead atoms. The number of halogens is 10. The zero-order valence-electron chi connectivity index (χ0n) is 20.1. The fraction of sp³-hybridized carbons (Fsp3) is 0.348. The number of benzene rings is 2. The van der Waals surface area contributed by atoms with Gasteiger partial charge in [0.15, 0.2) is 5.75 Å². The Morgan fingerprint density at radius 3 is 2.10 bits per heavy atom. The first-order valence-electron chi connectivity index (χ1n) is 11.2. The highest BCUT2D eigenvalue weighted by molar-refractivity contribution is 9.10. The summed E-state index contributed by atoms with van der Waals surface area (Å²) in [6.45, 7) is -3.02. The van der Waals surface area contributed by atoms with E-state index in [1.807, 2.05) is 5.32 Å². The fourth-order valence-electron chi connectivity index (χ4n) is 3.60. The fourth-order valence-corrected chi connectivity index (χ4v) is 4.14. The highest BCUT2D eigenvalue weighted by Crippen LogP contribution is 2.55. The Kier molecular flexibility index (Phi) is 9.47. The van der Waals surface area contributed by atoms with Crippen molar-refractivity contribution in [2.45, 2.75) is 24.6 Å². The molecule has 1 aliphatic rings. The van der Waals surface area contributed by atoms with E-state index in [-0.39, 0.29) is 49.7 Å². The summed E-state index contributed by atoms with van der Waals surface area (Å²) in [5.74, 6) is -4.53. The van der Waals surface area contributed by atoms with Gasteiger partial charge >= 0.3 is 36.4 Å². The molecular weight excluding hydrogens is 649 g/mol. The van der Waals surface area contributed by atoms with Gasteiger partial charge in [0.2, 0.25) is 0 Å². The average Bonchev–Trinajstić information content (AvgIpc) is 2.88. The van der Waals surface area contributed by atoms with E-state index in [1.165, 1.54) is 17.0 Å². The largest absolute Gasteiger partial charge is 0.435 e. The third-order valence-corrected chi connectivity index (χ3v) is 6.19. The number of nitrogens with one attached hydrogen (secondary N) is 2. The number of hydrogen-bond acceptors (Lipinski definition) is 5. The van der Waals surface area contributed by atoms with Crippen molar-refractivity contribution in [1.82, 2.24) is 4.90 Å². The number of anilines is 2. The molecule has 0 radical (unpaired) electrons. The van der Waals surface area contributed by atoms with Gasteiger partial charge in [-0.3, -0.25) is 14.4 Å². The van der Waals surface area contributed by atoms with Gasteiger partial charge in [0.25, 0.3) is 5.91 Å². The van der Waals surface area contributed by atoms with Gasteiger partial charge in [0.1, 0.15) is 0 Å². The highest BCUT2D eigenvalue weighted by Gasteiger charge is 2.73. The molecule has 0 aromatic heterocycles. The third kappa shape index (κ3) is 7.03. The number of carbonyl (C=O) groups excluding carboxylic acids is 3. The Hall–Kier alpha value is -3.54. The predicted octanol–water partition coefficient (Wildman–Crippen LogP) is 5.39. The van der Waals surface area contributed by atoms with E-state index >= 15 is 0 Å². The van der Waals surface area contributed by atoms with Crippen LogP contribution < -0.4 is 15.4 Å². The number of ether oxygens (including phenoxy) is 2. The van der Waals surface area contributed by atoms with Crippen LogP contribution in [0, 0.1) is 0 Å². The first-order valence-corrected chi connectivity index (χ1v) is 12.0. The highest BCUT2D eigenvalue weighted by atomic mass is 79.9. The number of nitrogens with zero attached hydrogens (tertiary/aromatic N) is 1. The van der Waals surface area contributed by atoms with Crippen molar-refractivity contribution in [3.8, 4) is 5.75 Å². The van der Waals surface area contributed by atoms with Crippen LogP contribution in [0.25, 0.3) is 0 Å². The van der Waals surface area contributed by atoms with Crippen LogP contribution in [0.3, 0.4) is 0 Å². The zero-order valence-corrected chi connectivity index (χ0v) is 21.7. The summed E-state index contributed by atoms with van der Waals surface area (Å²) in [7, 11) is 0. The van der Waals surface area contributed by atoms with E-state index < -0.39 is 63.8 Å². The Bertz CT molecular complexity index is 1300. The summed E-state index contributed by atoms with van der Waals surface area (Å²) in [4.78, 5) is 38.6. The molecule has 1 aliphatic heterocycles. The second kappa shape index (κ2) is 12.1. The number of amides is 3. The van der Waals surface area contributed by atoms with Crippen molar-refractivity contribution in [1.29, 1.82) is 0 Å². The van der Waals surface area contributed by atoms with E-state index in [4.69, 9.17) is 4.74 Å². The molecule has 2 aromatic rings. The van der Waals surface area contributed by atoms with Crippen LogP contribution in [-0.2, 0) is 20.0 Å². The Labute approximate surface area is 232 Å². The van der Waals surface area contributed by atoms with Gasteiger partial charge in [-0.25, -0.2) is 4.39 Å². The maximum atomic E-state index is 14.5. The Morgan fingerprint density at radius 2 is 1.54 bits per heavy atom. The molecule has 224 valence electrons. The van der Waals surface area contributed by atoms with E-state index in [0.29, 0.717) is 0 Å². The monoisotopic (exact) mass is 665 g/mol. The summed E-state index contributed by atoms with van der Waals surface area (Å²) in [5, 5.41) is 4.24. The SMILES string of the molecule is O=C(Nc1cccc(C(=O)Nc2c(Br)cc(C(F)(C(F)(F)F)C(F)(F)F)cc2OC(F)F)c1)C(=O)N1CCOCC1. The van der Waals surface area contributed by atoms with Crippen LogP contribution in [0.2, 0.25) is 0 Å². The molecular formula is C23H17BrF9N3O5. The summed E-state index contributed by atoms with van der Waals surface area (Å²) in [5.41, 5.74) is -9.35. The third-order valence-electron chi connectivity index (χ3n) is 5.56. The van der Waals surface area contributed by atoms with Crippen molar-refractivity contribution >= 4 is 45.0 Å². The molecule has 3 amide bonds. The van der Waals surface area contributed by atoms with Crippen LogP contribution in [0.15, 0.2) is 40.9 Å². The molecule has 18 heteroatoms. The molecule has 8 nitrogen and oxygen atoms in total. The summed E-state index contributed by atoms with van der Waals surface area (Å²) >= 11 is 2.57. The maximum absolute atomic E-state index is 14.5. The normalized spacial score (nSPS) is 14.6. The maximum Gasteiger partial charge on any atom is 0.435 e. The van der Waals surface area contributed by atoms with Gasteiger partial charge in [-0.15, -0.1) is 0 Å². The second-order valence-corrected chi connectivity index (χ2v) is 9.11.